The molecule has 5 heteroatoms. The number of ether oxygens (including phenoxy) is 2. The molecule has 1 fully saturated rings. The van der Waals surface area contributed by atoms with E-state index in [0.29, 0.717) is 12.2 Å². The minimum atomic E-state index is -0.262. The highest BCUT2D eigenvalue weighted by Crippen LogP contribution is 2.31. The third-order valence-corrected chi connectivity index (χ3v) is 4.82. The molecule has 2 aliphatic rings. The molecule has 0 aromatic rings. The van der Waals surface area contributed by atoms with Crippen LogP contribution in [-0.2, 0) is 19.1 Å². The summed E-state index contributed by atoms with van der Waals surface area (Å²) in [7, 11) is 0. The number of hydrogen-bond acceptors (Lipinski definition) is 5. The molecule has 1 saturated heterocycles. The molecule has 0 bridgehead atoms. The topological polar surface area (TPSA) is 55.8 Å². The summed E-state index contributed by atoms with van der Waals surface area (Å²) in [6.07, 6.45) is 5.29. The summed E-state index contributed by atoms with van der Waals surface area (Å²) in [6.45, 7) is 9.45. The fraction of sp³-hybridized carbons (Fsp3) is 0.667. The van der Waals surface area contributed by atoms with E-state index in [4.69, 9.17) is 9.47 Å². The van der Waals surface area contributed by atoms with Gasteiger partial charge in [-0.3, -0.25) is 9.69 Å². The first-order chi connectivity index (χ1) is 11.0. The van der Waals surface area contributed by atoms with Crippen molar-refractivity contribution in [2.24, 2.45) is 5.92 Å². The highest BCUT2D eigenvalue weighted by molar-refractivity contribution is 5.87. The largest absolute Gasteiger partial charge is 0.461 e. The molecular weight excluding hydrogens is 294 g/mol. The van der Waals surface area contributed by atoms with Crippen LogP contribution in [0.2, 0.25) is 0 Å². The van der Waals surface area contributed by atoms with Gasteiger partial charge in [-0.1, -0.05) is 26.0 Å². The maximum Gasteiger partial charge on any atom is 0.333 e. The molecule has 5 nitrogen and oxygen atoms in total. The highest BCUT2D eigenvalue weighted by Gasteiger charge is 2.42. The molecule has 2 aliphatic heterocycles. The van der Waals surface area contributed by atoms with Crippen LogP contribution in [0.3, 0.4) is 0 Å². The van der Waals surface area contributed by atoms with Crippen LogP contribution >= 0.6 is 0 Å². The van der Waals surface area contributed by atoms with Gasteiger partial charge in [0.2, 0.25) is 0 Å². The molecule has 0 aromatic carbocycles. The van der Waals surface area contributed by atoms with Crippen LogP contribution in [0.5, 0.6) is 0 Å². The Kier molecular flexibility index (Phi) is 5.99. The maximum absolute atomic E-state index is 12.0. The molecule has 2 heterocycles. The van der Waals surface area contributed by atoms with Crippen molar-refractivity contribution >= 4 is 11.9 Å². The Labute approximate surface area is 138 Å². The maximum atomic E-state index is 12.0. The van der Waals surface area contributed by atoms with Crippen molar-refractivity contribution in [3.63, 3.8) is 0 Å². The van der Waals surface area contributed by atoms with Gasteiger partial charge in [-0.2, -0.15) is 0 Å². The molecule has 2 rings (SSSR count). The molecule has 0 amide bonds. The number of carbonyl (C=O) groups is 2. The molecule has 0 N–H and O–H groups in total. The van der Waals surface area contributed by atoms with E-state index >= 15 is 0 Å². The first-order valence-corrected chi connectivity index (χ1v) is 8.41. The van der Waals surface area contributed by atoms with Crippen LogP contribution in [0.25, 0.3) is 0 Å². The van der Waals surface area contributed by atoms with Crippen LogP contribution in [0.15, 0.2) is 23.3 Å². The number of carbonyl (C=O) groups excluding carboxylic acids is 2. The third kappa shape index (κ3) is 4.02. The molecule has 1 unspecified atom stereocenters. The molecule has 3 atom stereocenters. The summed E-state index contributed by atoms with van der Waals surface area (Å²) in [5.41, 5.74) is 1.67. The van der Waals surface area contributed by atoms with Crippen LogP contribution < -0.4 is 0 Å². The smallest absolute Gasteiger partial charge is 0.333 e. The van der Waals surface area contributed by atoms with E-state index in [1.807, 2.05) is 20.8 Å². The predicted octanol–water partition coefficient (Wildman–Crippen LogP) is 2.47. The Morgan fingerprint density at radius 1 is 1.48 bits per heavy atom. The SMILES string of the molecule is C/C=C(/C)C(=O)O[C@@H]1CCN2CC=C(COC(=O)C(C)CC)[C@H]12. The molecule has 23 heavy (non-hydrogen) atoms. The molecule has 0 radical (unpaired) electrons. The zero-order valence-electron chi connectivity index (χ0n) is 14.5. The Morgan fingerprint density at radius 2 is 2.22 bits per heavy atom. The Morgan fingerprint density at radius 3 is 2.87 bits per heavy atom. The van der Waals surface area contributed by atoms with Gasteiger partial charge in [0.15, 0.2) is 0 Å². The lowest BCUT2D eigenvalue weighted by molar-refractivity contribution is -0.148. The minimum Gasteiger partial charge on any atom is -0.461 e. The molecule has 128 valence electrons. The first-order valence-electron chi connectivity index (χ1n) is 8.41. The van der Waals surface area contributed by atoms with E-state index in [9.17, 15) is 9.59 Å². The number of nitrogens with zero attached hydrogens (tertiary/aromatic N) is 1. The second kappa shape index (κ2) is 7.77. The summed E-state index contributed by atoms with van der Waals surface area (Å²) >= 11 is 0. The van der Waals surface area contributed by atoms with Gasteiger partial charge in [0, 0.05) is 18.7 Å². The Balaban J connectivity index is 1.95. The lowest BCUT2D eigenvalue weighted by atomic mass is 10.0. The Hall–Kier alpha value is -1.62. The van der Waals surface area contributed by atoms with Crippen LogP contribution in [-0.4, -0.2) is 48.7 Å². The number of esters is 2. The van der Waals surface area contributed by atoms with Crippen LogP contribution in [0.4, 0.5) is 0 Å². The van der Waals surface area contributed by atoms with Crippen molar-refractivity contribution in [2.75, 3.05) is 19.7 Å². The van der Waals surface area contributed by atoms with Gasteiger partial charge in [0.05, 0.1) is 12.0 Å². The number of hydrogen-bond donors (Lipinski definition) is 0. The van der Waals surface area contributed by atoms with E-state index in [2.05, 4.69) is 11.0 Å². The zero-order chi connectivity index (χ0) is 17.0. The van der Waals surface area contributed by atoms with Gasteiger partial charge in [-0.05, 0) is 32.3 Å². The predicted molar refractivity (Wildman–Crippen MR) is 87.8 cm³/mol. The van der Waals surface area contributed by atoms with E-state index in [-0.39, 0.29) is 30.0 Å². The molecule has 0 saturated carbocycles. The van der Waals surface area contributed by atoms with E-state index < -0.39 is 0 Å². The normalized spacial score (nSPS) is 25.7. The standard InChI is InChI=1S/C18H27NO4/c1-5-12(3)17(20)22-11-14-7-9-19-10-8-15(16(14)19)23-18(21)13(4)6-2/h6-7,12,15-16H,5,8-11H2,1-4H3/b13-6-/t12?,15-,16-/m1/s1. The monoisotopic (exact) mass is 321 g/mol. The lowest BCUT2D eigenvalue weighted by Gasteiger charge is -2.24. The van der Waals surface area contributed by atoms with Crippen molar-refractivity contribution in [1.29, 1.82) is 0 Å². The highest BCUT2D eigenvalue weighted by atomic mass is 16.5. The molecule has 0 aliphatic carbocycles. The van der Waals surface area contributed by atoms with Gasteiger partial charge < -0.3 is 9.47 Å². The summed E-state index contributed by atoms with van der Waals surface area (Å²) in [5.74, 6) is -0.506. The third-order valence-electron chi connectivity index (χ3n) is 4.82. The fourth-order valence-corrected chi connectivity index (χ4v) is 2.94. The lowest BCUT2D eigenvalue weighted by Crippen LogP contribution is -2.36. The minimum absolute atomic E-state index is 0.0494. The van der Waals surface area contributed by atoms with Crippen molar-refractivity contribution in [3.05, 3.63) is 23.3 Å². The van der Waals surface area contributed by atoms with Crippen LogP contribution in [0, 0.1) is 5.92 Å². The number of rotatable bonds is 6. The van der Waals surface area contributed by atoms with E-state index in [0.717, 1.165) is 31.5 Å². The summed E-state index contributed by atoms with van der Waals surface area (Å²) < 4.78 is 11.1. The van der Waals surface area contributed by atoms with Gasteiger partial charge in [0.1, 0.15) is 12.7 Å². The molecular formula is C18H27NO4. The fourth-order valence-electron chi connectivity index (χ4n) is 2.94. The number of fused-ring (bicyclic) bond motifs is 1. The van der Waals surface area contributed by atoms with Gasteiger partial charge >= 0.3 is 11.9 Å². The van der Waals surface area contributed by atoms with Crippen molar-refractivity contribution in [3.8, 4) is 0 Å². The molecule has 0 aromatic heterocycles. The quantitative estimate of drug-likeness (QED) is 0.427. The van der Waals surface area contributed by atoms with Crippen molar-refractivity contribution in [1.82, 2.24) is 4.90 Å². The average molecular weight is 321 g/mol. The summed E-state index contributed by atoms with van der Waals surface area (Å²) in [5, 5.41) is 0. The van der Waals surface area contributed by atoms with Crippen molar-refractivity contribution in [2.45, 2.75) is 52.7 Å². The van der Waals surface area contributed by atoms with Gasteiger partial charge in [-0.25, -0.2) is 4.79 Å². The van der Waals surface area contributed by atoms with Crippen LogP contribution in [0.1, 0.15) is 40.5 Å². The van der Waals surface area contributed by atoms with Crippen molar-refractivity contribution < 1.29 is 19.1 Å². The van der Waals surface area contributed by atoms with E-state index in [1.54, 1.807) is 13.0 Å². The Bertz CT molecular complexity index is 523. The second-order valence-electron chi connectivity index (χ2n) is 6.34. The average Bonchev–Trinajstić information content (AvgIpc) is 3.14. The first kappa shape index (κ1) is 17.7. The second-order valence-corrected chi connectivity index (χ2v) is 6.34. The molecule has 0 spiro atoms. The summed E-state index contributed by atoms with van der Waals surface area (Å²) in [4.78, 5) is 26.1. The van der Waals surface area contributed by atoms with E-state index in [1.165, 1.54) is 0 Å². The van der Waals surface area contributed by atoms with Gasteiger partial charge in [-0.15, -0.1) is 0 Å². The number of allylic oxidation sites excluding steroid dienone is 1. The van der Waals surface area contributed by atoms with Gasteiger partial charge in [0.25, 0.3) is 0 Å². The summed E-state index contributed by atoms with van der Waals surface area (Å²) in [6, 6.07) is 0.0494. The zero-order valence-corrected chi connectivity index (χ0v) is 14.5.